The van der Waals surface area contributed by atoms with Crippen LogP contribution in [0, 0.1) is 0 Å². The van der Waals surface area contributed by atoms with Crippen LogP contribution < -0.4 is 0 Å². The van der Waals surface area contributed by atoms with Gasteiger partial charge in [0, 0.05) is 0 Å². The van der Waals surface area contributed by atoms with Crippen LogP contribution in [0.5, 0.6) is 0 Å². The second-order valence-corrected chi connectivity index (χ2v) is 10.1. The number of hydrogen-bond donors (Lipinski definition) is 0. The molecule has 0 spiro atoms. The van der Waals surface area contributed by atoms with Crippen molar-refractivity contribution in [3.05, 3.63) is 0 Å². The summed E-state index contributed by atoms with van der Waals surface area (Å²) in [5.74, 6) is 1.29. The van der Waals surface area contributed by atoms with Gasteiger partial charge in [0.2, 0.25) is 0 Å². The summed E-state index contributed by atoms with van der Waals surface area (Å²) in [6.07, 6.45) is 8.88. The Hall–Kier alpha value is 0.829. The molecule has 0 aromatic rings. The third-order valence-electron chi connectivity index (χ3n) is 3.23. The van der Waals surface area contributed by atoms with Crippen molar-refractivity contribution in [2.45, 2.75) is 67.1 Å². The minimum atomic E-state index is 0.210. The molecule has 3 unspecified atom stereocenters. The number of unbranched alkanes of at least 4 members (excludes halogenated alkanes) is 1. The molecule has 0 N–H and O–H groups in total. The average Bonchev–Trinajstić information content (AvgIpc) is 2.54. The van der Waals surface area contributed by atoms with E-state index in [0.29, 0.717) is 21.1 Å². The van der Waals surface area contributed by atoms with Crippen LogP contribution in [0.25, 0.3) is 0 Å². The van der Waals surface area contributed by atoms with Crippen molar-refractivity contribution < 1.29 is 4.74 Å². The normalized spacial score (nSPS) is 40.4. The second-order valence-electron chi connectivity index (χ2n) is 4.66. The number of rotatable bonds is 4. The summed E-state index contributed by atoms with van der Waals surface area (Å²) in [4.78, 5) is 0.936. The third kappa shape index (κ3) is 3.15. The van der Waals surface area contributed by atoms with Crippen LogP contribution >= 0.6 is 11.8 Å². The first kappa shape index (κ1) is 12.3. The van der Waals surface area contributed by atoms with Gasteiger partial charge in [0.1, 0.15) is 0 Å². The predicted molar refractivity (Wildman–Crippen MR) is 68.6 cm³/mol. The molecule has 3 heteroatoms. The van der Waals surface area contributed by atoms with Gasteiger partial charge >= 0.3 is 104 Å². The summed E-state index contributed by atoms with van der Waals surface area (Å²) in [5, 5.41) is 0. The van der Waals surface area contributed by atoms with Crippen molar-refractivity contribution in [3.63, 3.8) is 0 Å². The Labute approximate surface area is 104 Å². The molecule has 88 valence electrons. The van der Waals surface area contributed by atoms with Crippen LogP contribution in [0.4, 0.5) is 0 Å². The molecular weight excluding hydrogens is 271 g/mol. The molecule has 2 fully saturated rings. The van der Waals surface area contributed by atoms with Gasteiger partial charge in [0.15, 0.2) is 0 Å². The molecule has 1 nitrogen and oxygen atoms in total. The molecule has 0 aromatic heterocycles. The van der Waals surface area contributed by atoms with Crippen LogP contribution in [-0.4, -0.2) is 30.6 Å². The van der Waals surface area contributed by atoms with Crippen molar-refractivity contribution in [2.24, 2.45) is 0 Å². The Morgan fingerprint density at radius 1 is 1.40 bits per heavy atom. The summed E-state index contributed by atoms with van der Waals surface area (Å²) >= 11 is 2.79. The molecule has 2 aliphatic rings. The predicted octanol–water partition coefficient (Wildman–Crippen LogP) is 3.66. The summed E-state index contributed by atoms with van der Waals surface area (Å²) < 4.78 is 6.50. The van der Waals surface area contributed by atoms with Gasteiger partial charge in [0.25, 0.3) is 0 Å². The first-order valence-electron chi connectivity index (χ1n) is 6.23. The standard InChI is InChI=1S/C12H22OSSe/c1-3-4-9-14-12(2)13-10-7-5-6-8-11(10)15-12/h10-11H,3-9H2,1-2H3. The van der Waals surface area contributed by atoms with Crippen molar-refractivity contribution in [1.29, 1.82) is 0 Å². The van der Waals surface area contributed by atoms with Crippen molar-refractivity contribution in [1.82, 2.24) is 0 Å². The summed E-state index contributed by atoms with van der Waals surface area (Å²) in [6, 6.07) is 0. The molecule has 1 saturated heterocycles. The minimum absolute atomic E-state index is 0.210. The number of ether oxygens (including phenoxy) is 1. The number of thioether (sulfide) groups is 1. The van der Waals surface area contributed by atoms with Gasteiger partial charge in [0.05, 0.1) is 0 Å². The molecule has 1 aliphatic carbocycles. The van der Waals surface area contributed by atoms with E-state index in [-0.39, 0.29) is 3.83 Å². The van der Waals surface area contributed by atoms with E-state index < -0.39 is 0 Å². The van der Waals surface area contributed by atoms with Gasteiger partial charge in [-0.3, -0.25) is 0 Å². The number of hydrogen-bond acceptors (Lipinski definition) is 2. The Morgan fingerprint density at radius 2 is 2.20 bits per heavy atom. The van der Waals surface area contributed by atoms with Crippen molar-refractivity contribution in [2.75, 3.05) is 5.75 Å². The Kier molecular flexibility index (Phi) is 4.46. The fourth-order valence-corrected chi connectivity index (χ4v) is 7.89. The zero-order valence-electron chi connectivity index (χ0n) is 9.83. The van der Waals surface area contributed by atoms with Gasteiger partial charge in [-0.25, -0.2) is 0 Å². The summed E-state index contributed by atoms with van der Waals surface area (Å²) in [5.41, 5.74) is 0. The van der Waals surface area contributed by atoms with Crippen LogP contribution in [0.1, 0.15) is 52.4 Å². The van der Waals surface area contributed by atoms with Crippen LogP contribution in [0.3, 0.4) is 0 Å². The van der Waals surface area contributed by atoms with Gasteiger partial charge < -0.3 is 0 Å². The Morgan fingerprint density at radius 3 is 2.93 bits per heavy atom. The van der Waals surface area contributed by atoms with E-state index in [1.165, 1.54) is 44.3 Å². The fourth-order valence-electron chi connectivity index (χ4n) is 2.38. The first-order chi connectivity index (χ1) is 7.23. The van der Waals surface area contributed by atoms with E-state index in [1.807, 2.05) is 0 Å². The van der Waals surface area contributed by atoms with Gasteiger partial charge in [-0.1, -0.05) is 0 Å². The van der Waals surface area contributed by atoms with E-state index >= 15 is 0 Å². The SMILES string of the molecule is CCCCSC1(C)OC2CCCCC2[Se]1. The van der Waals surface area contributed by atoms with E-state index in [1.54, 1.807) is 0 Å². The molecule has 0 amide bonds. The van der Waals surface area contributed by atoms with E-state index in [0.717, 1.165) is 4.82 Å². The molecule has 0 aromatic carbocycles. The second kappa shape index (κ2) is 5.44. The molecule has 1 heterocycles. The molecule has 0 radical (unpaired) electrons. The van der Waals surface area contributed by atoms with Crippen molar-refractivity contribution in [3.8, 4) is 0 Å². The molecule has 1 aliphatic heterocycles. The Bertz CT molecular complexity index is 196. The molecule has 0 bridgehead atoms. The third-order valence-corrected chi connectivity index (χ3v) is 8.46. The van der Waals surface area contributed by atoms with E-state index in [2.05, 4.69) is 25.6 Å². The van der Waals surface area contributed by atoms with Gasteiger partial charge in [-0.05, 0) is 0 Å². The zero-order valence-corrected chi connectivity index (χ0v) is 12.4. The maximum atomic E-state index is 6.29. The topological polar surface area (TPSA) is 9.23 Å². The maximum absolute atomic E-state index is 6.29. The van der Waals surface area contributed by atoms with Gasteiger partial charge in [-0.15, -0.1) is 0 Å². The zero-order chi connectivity index (χ0) is 10.7. The monoisotopic (exact) mass is 294 g/mol. The molecular formula is C12H22OSSe. The average molecular weight is 293 g/mol. The van der Waals surface area contributed by atoms with Crippen molar-refractivity contribution >= 4 is 26.7 Å². The van der Waals surface area contributed by atoms with Crippen LogP contribution in [0.2, 0.25) is 4.82 Å². The number of fused-ring (bicyclic) bond motifs is 1. The van der Waals surface area contributed by atoms with Gasteiger partial charge in [-0.2, -0.15) is 0 Å². The molecule has 3 atom stereocenters. The molecule has 15 heavy (non-hydrogen) atoms. The van der Waals surface area contributed by atoms with Crippen LogP contribution in [-0.2, 0) is 4.74 Å². The first-order valence-corrected chi connectivity index (χ1v) is 9.06. The van der Waals surface area contributed by atoms with E-state index in [9.17, 15) is 0 Å². The summed E-state index contributed by atoms with van der Waals surface area (Å²) in [7, 11) is 0. The molecule has 1 saturated carbocycles. The fraction of sp³-hybridized carbons (Fsp3) is 1.00. The quantitative estimate of drug-likeness (QED) is 0.578. The van der Waals surface area contributed by atoms with Crippen LogP contribution in [0.15, 0.2) is 0 Å². The summed E-state index contributed by atoms with van der Waals surface area (Å²) in [6.45, 7) is 4.61. The Balaban J connectivity index is 1.83. The van der Waals surface area contributed by atoms with E-state index in [4.69, 9.17) is 4.74 Å². The molecule has 2 rings (SSSR count).